The second-order valence-electron chi connectivity index (χ2n) is 4.42. The highest BCUT2D eigenvalue weighted by Gasteiger charge is 2.26. The number of benzene rings is 1. The summed E-state index contributed by atoms with van der Waals surface area (Å²) in [7, 11) is 0. The molecule has 3 heteroatoms. The summed E-state index contributed by atoms with van der Waals surface area (Å²) in [5.41, 5.74) is 1.27. The van der Waals surface area contributed by atoms with Crippen LogP contribution in [0.2, 0.25) is 0 Å². The molecule has 17 heavy (non-hydrogen) atoms. The van der Waals surface area contributed by atoms with Crippen molar-refractivity contribution in [1.82, 2.24) is 4.90 Å². The molecule has 2 nitrogen and oxygen atoms in total. The Kier molecular flexibility index (Phi) is 4.00. The lowest BCUT2D eigenvalue weighted by Crippen LogP contribution is -2.27. The highest BCUT2D eigenvalue weighted by Crippen LogP contribution is 2.19. The van der Waals surface area contributed by atoms with Crippen LogP contribution >= 0.6 is 15.9 Å². The number of carbonyl (C=O) groups is 1. The molecule has 0 aromatic heterocycles. The summed E-state index contributed by atoms with van der Waals surface area (Å²) in [5, 5.41) is 0. The van der Waals surface area contributed by atoms with Gasteiger partial charge >= 0.3 is 0 Å². The lowest BCUT2D eigenvalue weighted by atomic mass is 10.1. The maximum Gasteiger partial charge on any atom is 0.223 e. The summed E-state index contributed by atoms with van der Waals surface area (Å²) in [6.45, 7) is 5.40. The standard InChI is InChI=1S/C14H16BrNO/c1-2-11-9-14(17)16(10-11)8-7-12-3-5-13(15)6-4-12/h2-6,11H,1,7-10H2. The van der Waals surface area contributed by atoms with Crippen molar-refractivity contribution >= 4 is 21.8 Å². The highest BCUT2D eigenvalue weighted by atomic mass is 79.9. The minimum atomic E-state index is 0.256. The van der Waals surface area contributed by atoms with Crippen molar-refractivity contribution in [2.24, 2.45) is 5.92 Å². The molecule has 0 saturated carbocycles. The summed E-state index contributed by atoms with van der Waals surface area (Å²) in [4.78, 5) is 13.6. The van der Waals surface area contributed by atoms with E-state index in [9.17, 15) is 4.79 Å². The van der Waals surface area contributed by atoms with E-state index in [2.05, 4.69) is 34.6 Å². The number of halogens is 1. The molecule has 1 aromatic carbocycles. The fourth-order valence-electron chi connectivity index (χ4n) is 2.09. The van der Waals surface area contributed by atoms with Crippen molar-refractivity contribution < 1.29 is 4.79 Å². The molecule has 0 aliphatic carbocycles. The van der Waals surface area contributed by atoms with Gasteiger partial charge in [0.2, 0.25) is 5.91 Å². The number of nitrogens with zero attached hydrogens (tertiary/aromatic N) is 1. The molecule has 0 bridgehead atoms. The minimum Gasteiger partial charge on any atom is -0.342 e. The van der Waals surface area contributed by atoms with Gasteiger partial charge in [-0.1, -0.05) is 34.1 Å². The van der Waals surface area contributed by atoms with Crippen LogP contribution in [0.15, 0.2) is 41.4 Å². The van der Waals surface area contributed by atoms with Gasteiger partial charge in [0, 0.05) is 29.9 Å². The molecular formula is C14H16BrNO. The van der Waals surface area contributed by atoms with Crippen LogP contribution in [0, 0.1) is 5.92 Å². The Balaban J connectivity index is 1.88. The van der Waals surface area contributed by atoms with Gasteiger partial charge < -0.3 is 4.90 Å². The van der Waals surface area contributed by atoms with Gasteiger partial charge in [-0.15, -0.1) is 6.58 Å². The molecule has 1 fully saturated rings. The zero-order valence-corrected chi connectivity index (χ0v) is 11.3. The van der Waals surface area contributed by atoms with Crippen molar-refractivity contribution in [3.63, 3.8) is 0 Å². The quantitative estimate of drug-likeness (QED) is 0.782. The number of likely N-dealkylation sites (tertiary alicyclic amines) is 1. The third kappa shape index (κ3) is 3.19. The van der Waals surface area contributed by atoms with Gasteiger partial charge in [-0.3, -0.25) is 4.79 Å². The summed E-state index contributed by atoms with van der Waals surface area (Å²) in [6, 6.07) is 8.26. The molecule has 0 radical (unpaired) electrons. The van der Waals surface area contributed by atoms with Gasteiger partial charge in [0.15, 0.2) is 0 Å². The molecule has 1 aliphatic heterocycles. The van der Waals surface area contributed by atoms with E-state index in [1.807, 2.05) is 23.1 Å². The van der Waals surface area contributed by atoms with Gasteiger partial charge in [-0.2, -0.15) is 0 Å². The second-order valence-corrected chi connectivity index (χ2v) is 5.33. The van der Waals surface area contributed by atoms with Crippen LogP contribution in [0.25, 0.3) is 0 Å². The van der Waals surface area contributed by atoms with Gasteiger partial charge in [-0.05, 0) is 24.1 Å². The first-order valence-corrected chi connectivity index (χ1v) is 6.63. The first kappa shape index (κ1) is 12.4. The smallest absolute Gasteiger partial charge is 0.223 e. The average Bonchev–Trinajstić information content (AvgIpc) is 2.69. The lowest BCUT2D eigenvalue weighted by Gasteiger charge is -2.15. The Morgan fingerprint density at radius 2 is 2.12 bits per heavy atom. The van der Waals surface area contributed by atoms with Crippen molar-refractivity contribution in [3.8, 4) is 0 Å². The molecule has 2 rings (SSSR count). The molecule has 90 valence electrons. The number of amides is 1. The lowest BCUT2D eigenvalue weighted by molar-refractivity contribution is -0.127. The normalized spacial score (nSPS) is 19.7. The van der Waals surface area contributed by atoms with E-state index in [1.54, 1.807) is 0 Å². The molecule has 1 aromatic rings. The maximum atomic E-state index is 11.7. The Morgan fingerprint density at radius 3 is 2.71 bits per heavy atom. The summed E-state index contributed by atoms with van der Waals surface area (Å²) in [6.07, 6.45) is 3.43. The molecular weight excluding hydrogens is 278 g/mol. The summed E-state index contributed by atoms with van der Waals surface area (Å²) in [5.74, 6) is 0.597. The Bertz CT molecular complexity index is 413. The molecule has 1 saturated heterocycles. The van der Waals surface area contributed by atoms with Gasteiger partial charge in [0.05, 0.1) is 0 Å². The zero-order valence-electron chi connectivity index (χ0n) is 9.73. The number of rotatable bonds is 4. The average molecular weight is 294 g/mol. The number of carbonyl (C=O) groups excluding carboxylic acids is 1. The summed E-state index contributed by atoms with van der Waals surface area (Å²) >= 11 is 3.41. The molecule has 1 atom stereocenters. The van der Waals surface area contributed by atoms with Crippen LogP contribution in [0.3, 0.4) is 0 Å². The van der Waals surface area contributed by atoms with Crippen LogP contribution in [-0.4, -0.2) is 23.9 Å². The molecule has 0 spiro atoms. The van der Waals surface area contributed by atoms with E-state index < -0.39 is 0 Å². The highest BCUT2D eigenvalue weighted by molar-refractivity contribution is 9.10. The molecule has 1 heterocycles. The Morgan fingerprint density at radius 1 is 1.41 bits per heavy atom. The Labute approximate surface area is 110 Å². The molecule has 1 aliphatic rings. The van der Waals surface area contributed by atoms with Gasteiger partial charge in [0.1, 0.15) is 0 Å². The van der Waals surface area contributed by atoms with Crippen LogP contribution in [-0.2, 0) is 11.2 Å². The third-order valence-corrected chi connectivity index (χ3v) is 3.69. The third-order valence-electron chi connectivity index (χ3n) is 3.16. The van der Waals surface area contributed by atoms with E-state index in [-0.39, 0.29) is 5.91 Å². The second kappa shape index (κ2) is 5.50. The van der Waals surface area contributed by atoms with Crippen LogP contribution < -0.4 is 0 Å². The van der Waals surface area contributed by atoms with E-state index in [0.717, 1.165) is 24.0 Å². The largest absolute Gasteiger partial charge is 0.342 e. The van der Waals surface area contributed by atoms with E-state index in [0.29, 0.717) is 12.3 Å². The van der Waals surface area contributed by atoms with Crippen LogP contribution in [0.5, 0.6) is 0 Å². The van der Waals surface area contributed by atoms with E-state index in [4.69, 9.17) is 0 Å². The molecule has 1 unspecified atom stereocenters. The molecule has 1 amide bonds. The predicted molar refractivity (Wildman–Crippen MR) is 72.7 cm³/mol. The van der Waals surface area contributed by atoms with Crippen LogP contribution in [0.1, 0.15) is 12.0 Å². The van der Waals surface area contributed by atoms with E-state index in [1.165, 1.54) is 5.56 Å². The van der Waals surface area contributed by atoms with Crippen molar-refractivity contribution in [2.45, 2.75) is 12.8 Å². The van der Waals surface area contributed by atoms with E-state index >= 15 is 0 Å². The Hall–Kier alpha value is -1.09. The fraction of sp³-hybridized carbons (Fsp3) is 0.357. The minimum absolute atomic E-state index is 0.256. The predicted octanol–water partition coefficient (Wildman–Crippen LogP) is 3.03. The first-order chi connectivity index (χ1) is 8.19. The number of hydrogen-bond acceptors (Lipinski definition) is 1. The monoisotopic (exact) mass is 293 g/mol. The zero-order chi connectivity index (χ0) is 12.3. The van der Waals surface area contributed by atoms with Crippen molar-refractivity contribution in [2.75, 3.05) is 13.1 Å². The fourth-order valence-corrected chi connectivity index (χ4v) is 2.36. The van der Waals surface area contributed by atoms with Gasteiger partial charge in [-0.25, -0.2) is 0 Å². The first-order valence-electron chi connectivity index (χ1n) is 5.84. The summed E-state index contributed by atoms with van der Waals surface area (Å²) < 4.78 is 1.09. The molecule has 0 N–H and O–H groups in total. The topological polar surface area (TPSA) is 20.3 Å². The maximum absolute atomic E-state index is 11.7. The van der Waals surface area contributed by atoms with Gasteiger partial charge in [0.25, 0.3) is 0 Å². The van der Waals surface area contributed by atoms with Crippen molar-refractivity contribution in [1.29, 1.82) is 0 Å². The SMILES string of the molecule is C=CC1CC(=O)N(CCc2ccc(Br)cc2)C1. The van der Waals surface area contributed by atoms with Crippen molar-refractivity contribution in [3.05, 3.63) is 47.0 Å². The van der Waals surface area contributed by atoms with Crippen LogP contribution in [0.4, 0.5) is 0 Å². The number of hydrogen-bond donors (Lipinski definition) is 0.